The molecule has 0 amide bonds. The molecule has 0 bridgehead atoms. The van der Waals surface area contributed by atoms with Crippen molar-refractivity contribution in [3.8, 4) is 22.9 Å². The van der Waals surface area contributed by atoms with Crippen LogP contribution >= 0.6 is 0 Å². The van der Waals surface area contributed by atoms with E-state index in [4.69, 9.17) is 0 Å². The van der Waals surface area contributed by atoms with Crippen molar-refractivity contribution in [1.29, 1.82) is 5.26 Å². The lowest BCUT2D eigenvalue weighted by Crippen LogP contribution is -2.04. The second-order valence-corrected chi connectivity index (χ2v) is 7.61. The molecule has 32 heavy (non-hydrogen) atoms. The van der Waals surface area contributed by atoms with Crippen LogP contribution in [0.15, 0.2) is 79.1 Å². The maximum atomic E-state index is 13.4. The topological polar surface area (TPSA) is 41.6 Å². The Balaban J connectivity index is 1.82. The van der Waals surface area contributed by atoms with Crippen molar-refractivity contribution < 1.29 is 13.2 Å². The minimum absolute atomic E-state index is 0.481. The molecule has 156 valence electrons. The third kappa shape index (κ3) is 3.10. The molecule has 2 aromatic heterocycles. The number of halogens is 3. The first-order valence-corrected chi connectivity index (χ1v) is 9.94. The highest BCUT2D eigenvalue weighted by Gasteiger charge is 2.31. The van der Waals surface area contributed by atoms with Gasteiger partial charge in [-0.15, -0.1) is 0 Å². The van der Waals surface area contributed by atoms with Crippen LogP contribution in [0.5, 0.6) is 0 Å². The molecule has 5 aromatic rings. The van der Waals surface area contributed by atoms with E-state index in [9.17, 15) is 18.4 Å². The summed E-state index contributed by atoms with van der Waals surface area (Å²) < 4.78 is 42.0. The standard InChI is InChI=1S/C26H16F3N3/c1-16-12-21(17-8-10-31-11-9-17)18(15-30)13-25(16)32-23-5-3-2-4-20(23)22-14-19(26(27,28)29)6-7-24(22)32/h2-14H,1H3. The summed E-state index contributed by atoms with van der Waals surface area (Å²) in [7, 11) is 0. The van der Waals surface area contributed by atoms with E-state index in [-0.39, 0.29) is 0 Å². The molecule has 0 saturated carbocycles. The van der Waals surface area contributed by atoms with Crippen LogP contribution in [0.3, 0.4) is 0 Å². The lowest BCUT2D eigenvalue weighted by atomic mass is 9.97. The molecule has 0 aliphatic heterocycles. The van der Waals surface area contributed by atoms with Crippen LogP contribution in [0.25, 0.3) is 38.6 Å². The highest BCUT2D eigenvalue weighted by Crippen LogP contribution is 2.38. The monoisotopic (exact) mass is 427 g/mol. The average molecular weight is 427 g/mol. The normalized spacial score (nSPS) is 11.7. The molecule has 0 fully saturated rings. The van der Waals surface area contributed by atoms with Crippen molar-refractivity contribution in [3.05, 3.63) is 95.8 Å². The first-order valence-electron chi connectivity index (χ1n) is 9.94. The molecule has 0 unspecified atom stereocenters. The third-order valence-electron chi connectivity index (χ3n) is 5.69. The van der Waals surface area contributed by atoms with Gasteiger partial charge in [0.15, 0.2) is 0 Å². The summed E-state index contributed by atoms with van der Waals surface area (Å²) in [6.45, 7) is 1.94. The molecule has 0 N–H and O–H groups in total. The molecule has 0 atom stereocenters. The van der Waals surface area contributed by atoms with Gasteiger partial charge in [-0.2, -0.15) is 18.4 Å². The number of benzene rings is 3. The molecule has 3 aromatic carbocycles. The summed E-state index contributed by atoms with van der Waals surface area (Å²) in [5.74, 6) is 0. The molecule has 3 nitrogen and oxygen atoms in total. The number of hydrogen-bond donors (Lipinski definition) is 0. The Labute approximate surface area is 182 Å². The largest absolute Gasteiger partial charge is 0.416 e. The first-order chi connectivity index (χ1) is 15.4. The number of hydrogen-bond acceptors (Lipinski definition) is 2. The number of aryl methyl sites for hydroxylation is 1. The quantitative estimate of drug-likeness (QED) is 0.303. The Morgan fingerprint density at radius 1 is 0.875 bits per heavy atom. The molecule has 0 spiro atoms. The number of nitrogens with zero attached hydrogens (tertiary/aromatic N) is 3. The second-order valence-electron chi connectivity index (χ2n) is 7.61. The van der Waals surface area contributed by atoms with Crippen molar-refractivity contribution in [2.24, 2.45) is 0 Å². The van der Waals surface area contributed by atoms with Gasteiger partial charge in [-0.05, 0) is 72.1 Å². The van der Waals surface area contributed by atoms with Gasteiger partial charge in [-0.25, -0.2) is 0 Å². The minimum atomic E-state index is -4.42. The molecular weight excluding hydrogens is 411 g/mol. The second kappa shape index (κ2) is 7.24. The maximum Gasteiger partial charge on any atom is 0.416 e. The first kappa shape index (κ1) is 19.8. The van der Waals surface area contributed by atoms with E-state index in [1.807, 2.05) is 54.0 Å². The molecule has 5 rings (SSSR count). The molecule has 0 radical (unpaired) electrons. The zero-order chi connectivity index (χ0) is 22.5. The van der Waals surface area contributed by atoms with Gasteiger partial charge in [-0.3, -0.25) is 4.98 Å². The summed E-state index contributed by atoms with van der Waals surface area (Å²) in [5.41, 5.74) is 4.56. The third-order valence-corrected chi connectivity index (χ3v) is 5.69. The predicted molar refractivity (Wildman–Crippen MR) is 118 cm³/mol. The molecule has 6 heteroatoms. The molecular formula is C26H16F3N3. The number of pyridine rings is 1. The van der Waals surface area contributed by atoms with Crippen molar-refractivity contribution in [1.82, 2.24) is 9.55 Å². The van der Waals surface area contributed by atoms with Crippen LogP contribution in [-0.4, -0.2) is 9.55 Å². The highest BCUT2D eigenvalue weighted by molar-refractivity contribution is 6.09. The van der Waals surface area contributed by atoms with Crippen LogP contribution in [0.4, 0.5) is 13.2 Å². The fourth-order valence-corrected chi connectivity index (χ4v) is 4.21. The number of aromatic nitrogens is 2. The van der Waals surface area contributed by atoms with E-state index in [1.165, 1.54) is 12.1 Å². The van der Waals surface area contributed by atoms with Gasteiger partial charge < -0.3 is 4.57 Å². The SMILES string of the molecule is Cc1cc(-c2ccncc2)c(C#N)cc1-n1c2ccccc2c2cc(C(F)(F)F)ccc21. The molecule has 0 saturated heterocycles. The van der Waals surface area contributed by atoms with E-state index in [1.54, 1.807) is 18.5 Å². The number of fused-ring (bicyclic) bond motifs is 3. The van der Waals surface area contributed by atoms with Gasteiger partial charge >= 0.3 is 6.18 Å². The van der Waals surface area contributed by atoms with Gasteiger partial charge in [-0.1, -0.05) is 18.2 Å². The van der Waals surface area contributed by atoms with Crippen molar-refractivity contribution in [2.75, 3.05) is 0 Å². The smallest absolute Gasteiger partial charge is 0.309 e. The Bertz CT molecular complexity index is 1520. The van der Waals surface area contributed by atoms with Gasteiger partial charge in [0.1, 0.15) is 0 Å². The van der Waals surface area contributed by atoms with Gasteiger partial charge in [0.25, 0.3) is 0 Å². The fraction of sp³-hybridized carbons (Fsp3) is 0.0769. The minimum Gasteiger partial charge on any atom is -0.309 e. The lowest BCUT2D eigenvalue weighted by Gasteiger charge is -2.15. The zero-order valence-corrected chi connectivity index (χ0v) is 17.0. The Morgan fingerprint density at radius 2 is 1.59 bits per heavy atom. The van der Waals surface area contributed by atoms with Crippen LogP contribution < -0.4 is 0 Å². The molecule has 0 aliphatic carbocycles. The number of nitriles is 1. The number of alkyl halides is 3. The molecule has 2 heterocycles. The van der Waals surface area contributed by atoms with Crippen molar-refractivity contribution in [2.45, 2.75) is 13.1 Å². The van der Waals surface area contributed by atoms with Gasteiger partial charge in [0, 0.05) is 23.2 Å². The summed E-state index contributed by atoms with van der Waals surface area (Å²) in [5, 5.41) is 11.1. The Hall–Kier alpha value is -4.11. The maximum absolute atomic E-state index is 13.4. The summed E-state index contributed by atoms with van der Waals surface area (Å²) >= 11 is 0. The van der Waals surface area contributed by atoms with E-state index < -0.39 is 11.7 Å². The van der Waals surface area contributed by atoms with E-state index in [0.717, 1.165) is 39.3 Å². The fourth-order valence-electron chi connectivity index (χ4n) is 4.21. The number of para-hydroxylation sites is 1. The van der Waals surface area contributed by atoms with Crippen LogP contribution in [0.1, 0.15) is 16.7 Å². The summed E-state index contributed by atoms with van der Waals surface area (Å²) in [4.78, 5) is 4.03. The van der Waals surface area contributed by atoms with Gasteiger partial charge in [0.2, 0.25) is 0 Å². The Morgan fingerprint density at radius 3 is 2.31 bits per heavy atom. The average Bonchev–Trinajstić information content (AvgIpc) is 3.12. The predicted octanol–water partition coefficient (Wildman–Crippen LogP) is 7.04. The van der Waals surface area contributed by atoms with Gasteiger partial charge in [0.05, 0.1) is 33.9 Å². The van der Waals surface area contributed by atoms with Crippen LogP contribution in [-0.2, 0) is 6.18 Å². The Kier molecular flexibility index (Phi) is 4.49. The summed E-state index contributed by atoms with van der Waals surface area (Å²) in [6, 6.07) is 20.9. The van der Waals surface area contributed by atoms with E-state index in [2.05, 4.69) is 11.1 Å². The highest BCUT2D eigenvalue weighted by atomic mass is 19.4. The van der Waals surface area contributed by atoms with E-state index >= 15 is 0 Å². The van der Waals surface area contributed by atoms with E-state index in [0.29, 0.717) is 16.5 Å². The zero-order valence-electron chi connectivity index (χ0n) is 17.0. The number of rotatable bonds is 2. The van der Waals surface area contributed by atoms with Crippen LogP contribution in [0, 0.1) is 18.3 Å². The van der Waals surface area contributed by atoms with Crippen molar-refractivity contribution in [3.63, 3.8) is 0 Å². The lowest BCUT2D eigenvalue weighted by molar-refractivity contribution is -0.137. The summed E-state index contributed by atoms with van der Waals surface area (Å²) in [6.07, 6.45) is -1.08. The van der Waals surface area contributed by atoms with Crippen molar-refractivity contribution >= 4 is 21.8 Å². The van der Waals surface area contributed by atoms with Crippen LogP contribution in [0.2, 0.25) is 0 Å². The molecule has 0 aliphatic rings.